The Morgan fingerprint density at radius 1 is 0.885 bits per heavy atom. The van der Waals surface area contributed by atoms with Crippen molar-refractivity contribution in [2.24, 2.45) is 0 Å². The maximum Gasteiger partial charge on any atom is 0.0568 e. The molecule has 1 aromatic heterocycles. The van der Waals surface area contributed by atoms with Gasteiger partial charge in [0.25, 0.3) is 0 Å². The van der Waals surface area contributed by atoms with Gasteiger partial charge >= 0.3 is 0 Å². The molecule has 0 amide bonds. The minimum atomic E-state index is 0.608. The predicted octanol–water partition coefficient (Wildman–Crippen LogP) is 5.35. The number of nitrogens with one attached hydrogen (secondary N) is 1. The van der Waals surface area contributed by atoms with Crippen LogP contribution in [0.4, 0.5) is 0 Å². The second-order valence-electron chi connectivity index (χ2n) is 8.01. The van der Waals surface area contributed by atoms with E-state index in [-0.39, 0.29) is 0 Å². The minimum absolute atomic E-state index is 0.608. The molecular weight excluding hydrogens is 318 g/mol. The molecule has 0 atom stereocenters. The molecule has 2 fully saturated rings. The molecule has 0 unspecified atom stereocenters. The number of piperidine rings is 1. The zero-order valence-corrected chi connectivity index (χ0v) is 15.3. The Labute approximate surface area is 155 Å². The summed E-state index contributed by atoms with van der Waals surface area (Å²) in [6, 6.07) is 16.2. The monoisotopic (exact) mass is 345 g/mol. The third kappa shape index (κ3) is 2.95. The zero-order chi connectivity index (χ0) is 17.3. The lowest BCUT2D eigenvalue weighted by molar-refractivity contribution is 0.153. The van der Waals surface area contributed by atoms with Gasteiger partial charge in [0.05, 0.1) is 6.20 Å². The highest BCUT2D eigenvalue weighted by Gasteiger charge is 2.29. The van der Waals surface area contributed by atoms with Gasteiger partial charge in [-0.2, -0.15) is 5.10 Å². The van der Waals surface area contributed by atoms with Gasteiger partial charge in [0, 0.05) is 23.2 Å². The van der Waals surface area contributed by atoms with Crippen LogP contribution < -0.4 is 0 Å². The summed E-state index contributed by atoms with van der Waals surface area (Å²) < 4.78 is 0. The number of likely N-dealkylation sites (tertiary alicyclic amines) is 1. The Morgan fingerprint density at radius 3 is 2.46 bits per heavy atom. The highest BCUT2D eigenvalue weighted by Crippen LogP contribution is 2.36. The van der Waals surface area contributed by atoms with Crippen molar-refractivity contribution in [2.45, 2.75) is 50.5 Å². The lowest BCUT2D eigenvalue weighted by Gasteiger charge is -2.36. The van der Waals surface area contributed by atoms with Crippen molar-refractivity contribution in [3.63, 3.8) is 0 Å². The average Bonchev–Trinajstić information content (AvgIpc) is 3.40. The van der Waals surface area contributed by atoms with Crippen LogP contribution in [0.3, 0.4) is 0 Å². The van der Waals surface area contributed by atoms with Gasteiger partial charge in [0.15, 0.2) is 0 Å². The molecule has 3 heteroatoms. The van der Waals surface area contributed by atoms with Crippen LogP contribution in [0.2, 0.25) is 0 Å². The molecule has 1 saturated heterocycles. The first kappa shape index (κ1) is 16.1. The molecule has 3 aromatic rings. The summed E-state index contributed by atoms with van der Waals surface area (Å²) >= 11 is 0. The second kappa shape index (κ2) is 6.88. The third-order valence-electron chi connectivity index (χ3n) is 6.51. The topological polar surface area (TPSA) is 31.9 Å². The Morgan fingerprint density at radius 2 is 1.65 bits per heavy atom. The molecule has 5 rings (SSSR count). The summed E-state index contributed by atoms with van der Waals surface area (Å²) in [7, 11) is 0. The standard InChI is InChI=1S/C23H27N3/c1-2-6-19-15-20(10-9-17(19)5-1)22-16-24-25-23(22)18-11-13-26(14-12-18)21-7-3-4-8-21/h1-2,5-6,9-10,15-16,18,21H,3-4,7-8,11-14H2,(H,24,25). The van der Waals surface area contributed by atoms with E-state index in [1.165, 1.54) is 79.2 Å². The number of rotatable bonds is 3. The van der Waals surface area contributed by atoms with Crippen molar-refractivity contribution in [3.05, 3.63) is 54.4 Å². The van der Waals surface area contributed by atoms with Crippen LogP contribution in [0, 0.1) is 0 Å². The molecule has 2 heterocycles. The van der Waals surface area contributed by atoms with Gasteiger partial charge < -0.3 is 4.90 Å². The van der Waals surface area contributed by atoms with Crippen molar-refractivity contribution in [3.8, 4) is 11.1 Å². The molecule has 134 valence electrons. The maximum atomic E-state index is 4.41. The van der Waals surface area contributed by atoms with E-state index >= 15 is 0 Å². The molecule has 3 nitrogen and oxygen atoms in total. The molecule has 1 N–H and O–H groups in total. The zero-order valence-electron chi connectivity index (χ0n) is 15.3. The SMILES string of the molecule is c1ccc2cc(-c3cn[nH]c3C3CCN(C4CCCC4)CC3)ccc2c1. The van der Waals surface area contributed by atoms with Crippen LogP contribution in [0.25, 0.3) is 21.9 Å². The smallest absolute Gasteiger partial charge is 0.0568 e. The Hall–Kier alpha value is -2.13. The quantitative estimate of drug-likeness (QED) is 0.694. The average molecular weight is 345 g/mol. The van der Waals surface area contributed by atoms with Crippen LogP contribution in [-0.4, -0.2) is 34.2 Å². The summed E-state index contributed by atoms with van der Waals surface area (Å²) in [6.07, 6.45) is 10.2. The fourth-order valence-corrected chi connectivity index (χ4v) is 5.02. The van der Waals surface area contributed by atoms with E-state index in [4.69, 9.17) is 0 Å². The van der Waals surface area contributed by atoms with Gasteiger partial charge in [-0.3, -0.25) is 5.10 Å². The van der Waals surface area contributed by atoms with Crippen molar-refractivity contribution >= 4 is 10.8 Å². The van der Waals surface area contributed by atoms with Crippen LogP contribution in [0.5, 0.6) is 0 Å². The number of fused-ring (bicyclic) bond motifs is 1. The van der Waals surface area contributed by atoms with E-state index < -0.39 is 0 Å². The molecule has 2 aliphatic rings. The number of hydrogen-bond donors (Lipinski definition) is 1. The summed E-state index contributed by atoms with van der Waals surface area (Å²) in [5, 5.41) is 10.3. The fraction of sp³-hybridized carbons (Fsp3) is 0.435. The van der Waals surface area contributed by atoms with Gasteiger partial charge in [-0.15, -0.1) is 0 Å². The number of H-pyrrole nitrogens is 1. The van der Waals surface area contributed by atoms with Gasteiger partial charge in [-0.05, 0) is 61.2 Å². The first-order chi connectivity index (χ1) is 12.9. The van der Waals surface area contributed by atoms with Crippen LogP contribution in [-0.2, 0) is 0 Å². The molecule has 26 heavy (non-hydrogen) atoms. The number of hydrogen-bond acceptors (Lipinski definition) is 2. The van der Waals surface area contributed by atoms with Crippen LogP contribution in [0.1, 0.15) is 50.1 Å². The summed E-state index contributed by atoms with van der Waals surface area (Å²) in [5.41, 5.74) is 3.91. The highest BCUT2D eigenvalue weighted by molar-refractivity contribution is 5.87. The van der Waals surface area contributed by atoms with Crippen LogP contribution in [0.15, 0.2) is 48.7 Å². The van der Waals surface area contributed by atoms with Crippen molar-refractivity contribution in [2.75, 3.05) is 13.1 Å². The predicted molar refractivity (Wildman–Crippen MR) is 107 cm³/mol. The molecule has 0 bridgehead atoms. The van der Waals surface area contributed by atoms with E-state index in [1.54, 1.807) is 0 Å². The van der Waals surface area contributed by atoms with Crippen molar-refractivity contribution in [1.29, 1.82) is 0 Å². The second-order valence-corrected chi connectivity index (χ2v) is 8.01. The maximum absolute atomic E-state index is 4.41. The molecule has 1 saturated carbocycles. The minimum Gasteiger partial charge on any atom is -0.300 e. The number of benzene rings is 2. The Bertz CT molecular complexity index is 883. The van der Waals surface area contributed by atoms with E-state index in [1.807, 2.05) is 6.20 Å². The molecule has 1 aliphatic carbocycles. The van der Waals surface area contributed by atoms with Gasteiger partial charge in [-0.1, -0.05) is 49.2 Å². The first-order valence-electron chi connectivity index (χ1n) is 10.1. The molecule has 1 aliphatic heterocycles. The van der Waals surface area contributed by atoms with Gasteiger partial charge in [-0.25, -0.2) is 0 Å². The summed E-state index contributed by atoms with van der Waals surface area (Å²) in [6.45, 7) is 2.48. The normalized spacial score (nSPS) is 20.2. The summed E-state index contributed by atoms with van der Waals surface area (Å²) in [5.74, 6) is 0.608. The van der Waals surface area contributed by atoms with Crippen LogP contribution >= 0.6 is 0 Å². The van der Waals surface area contributed by atoms with Crippen molar-refractivity contribution in [1.82, 2.24) is 15.1 Å². The number of nitrogens with zero attached hydrogens (tertiary/aromatic N) is 2. The lowest BCUT2D eigenvalue weighted by atomic mass is 9.88. The third-order valence-corrected chi connectivity index (χ3v) is 6.51. The number of aromatic nitrogens is 2. The Balaban J connectivity index is 1.37. The number of aromatic amines is 1. The van der Waals surface area contributed by atoms with E-state index in [0.29, 0.717) is 5.92 Å². The van der Waals surface area contributed by atoms with Crippen molar-refractivity contribution < 1.29 is 0 Å². The van der Waals surface area contributed by atoms with Gasteiger partial charge in [0.2, 0.25) is 0 Å². The fourth-order valence-electron chi connectivity index (χ4n) is 5.02. The molecule has 0 spiro atoms. The highest BCUT2D eigenvalue weighted by atomic mass is 15.2. The van der Waals surface area contributed by atoms with Gasteiger partial charge in [0.1, 0.15) is 0 Å². The molecular formula is C23H27N3. The van der Waals surface area contributed by atoms with E-state index in [9.17, 15) is 0 Å². The van der Waals surface area contributed by atoms with E-state index in [2.05, 4.69) is 57.6 Å². The first-order valence-corrected chi connectivity index (χ1v) is 10.1. The lowest BCUT2D eigenvalue weighted by Crippen LogP contribution is -2.39. The summed E-state index contributed by atoms with van der Waals surface area (Å²) in [4.78, 5) is 2.75. The molecule has 0 radical (unpaired) electrons. The largest absolute Gasteiger partial charge is 0.300 e. The molecule has 2 aromatic carbocycles. The van der Waals surface area contributed by atoms with E-state index in [0.717, 1.165) is 6.04 Å². The Kier molecular flexibility index (Phi) is 4.25.